The van der Waals surface area contributed by atoms with Gasteiger partial charge in [-0.3, -0.25) is 0 Å². The van der Waals surface area contributed by atoms with Crippen molar-refractivity contribution in [2.24, 2.45) is 0 Å². The summed E-state index contributed by atoms with van der Waals surface area (Å²) in [4.78, 5) is 1.45. The van der Waals surface area contributed by atoms with Crippen molar-refractivity contribution in [1.29, 1.82) is 0 Å². The van der Waals surface area contributed by atoms with Crippen molar-refractivity contribution in [2.45, 2.75) is 0 Å². The molecule has 0 aliphatic carbocycles. The third-order valence-corrected chi connectivity index (χ3v) is 8.24. The van der Waals surface area contributed by atoms with Crippen LogP contribution in [0.5, 0.6) is 0 Å². The fourth-order valence-corrected chi connectivity index (χ4v) is 7.36. The van der Waals surface area contributed by atoms with Crippen LogP contribution in [0.15, 0.2) is 72.1 Å². The van der Waals surface area contributed by atoms with Gasteiger partial charge in [-0.2, -0.15) is 0 Å². The van der Waals surface area contributed by atoms with Crippen molar-refractivity contribution in [3.63, 3.8) is 0 Å². The number of hydrogen-bond donors (Lipinski definition) is 0. The van der Waals surface area contributed by atoms with Gasteiger partial charge in [0.2, 0.25) is 0 Å². The van der Waals surface area contributed by atoms with E-state index < -0.39 is 0 Å². The van der Waals surface area contributed by atoms with E-state index >= 15 is 0 Å². The summed E-state index contributed by atoms with van der Waals surface area (Å²) in [6.07, 6.45) is 0. The van der Waals surface area contributed by atoms with Gasteiger partial charge < -0.3 is 0 Å². The van der Waals surface area contributed by atoms with E-state index in [1.807, 2.05) is 22.7 Å². The Balaban J connectivity index is 1.87. The molecule has 0 saturated carbocycles. The Morgan fingerprint density at radius 1 is 0.762 bits per heavy atom. The third-order valence-electron chi connectivity index (χ3n) is 3.27. The van der Waals surface area contributed by atoms with Crippen LogP contribution >= 0.6 is 22.7 Å². The Morgan fingerprint density at radius 2 is 1.48 bits per heavy atom. The minimum absolute atomic E-state index is 0.353. The minimum atomic E-state index is 0.353. The number of rotatable bonds is 3. The second-order valence-electron chi connectivity index (χ2n) is 4.66. The molecule has 0 bridgehead atoms. The summed E-state index contributed by atoms with van der Waals surface area (Å²) in [6, 6.07) is 23.9. The van der Waals surface area contributed by atoms with Crippen LogP contribution in [-0.4, -0.2) is 15.0 Å². The molecule has 2 aromatic carbocycles. The van der Waals surface area contributed by atoms with Crippen molar-refractivity contribution in [1.82, 2.24) is 0 Å². The molecule has 0 aliphatic heterocycles. The van der Waals surface area contributed by atoms with Gasteiger partial charge in [-0.1, -0.05) is 0 Å². The normalized spacial score (nSPS) is 11.0. The summed E-state index contributed by atoms with van der Waals surface area (Å²) in [5, 5.41) is 3.66. The van der Waals surface area contributed by atoms with Crippen LogP contribution in [0.2, 0.25) is 0 Å². The van der Waals surface area contributed by atoms with Crippen LogP contribution in [0, 0.1) is 0 Å². The molecule has 102 valence electrons. The van der Waals surface area contributed by atoms with Gasteiger partial charge in [-0.25, -0.2) is 0 Å². The van der Waals surface area contributed by atoms with Gasteiger partial charge in [0.15, 0.2) is 0 Å². The first-order valence-corrected chi connectivity index (χ1v) is 10.1. The molecule has 0 saturated heterocycles. The number of fused-ring (bicyclic) bond motifs is 1. The molecule has 0 radical (unpaired) electrons. The maximum absolute atomic E-state index is 2.28. The molecular weight excluding hydrogens is 359 g/mol. The fraction of sp³-hybridized carbons (Fsp3) is 0. The van der Waals surface area contributed by atoms with E-state index in [9.17, 15) is 0 Å². The average molecular weight is 371 g/mol. The van der Waals surface area contributed by atoms with Gasteiger partial charge in [-0.15, -0.1) is 0 Å². The summed E-state index contributed by atoms with van der Waals surface area (Å²) >= 11 is 4.15. The predicted molar refractivity (Wildman–Crippen MR) is 96.6 cm³/mol. The molecule has 2 aromatic heterocycles. The fourth-order valence-electron chi connectivity index (χ4n) is 2.29. The first-order chi connectivity index (χ1) is 10.4. The van der Waals surface area contributed by atoms with Crippen molar-refractivity contribution < 1.29 is 0 Å². The van der Waals surface area contributed by atoms with Gasteiger partial charge >= 0.3 is 139 Å². The molecule has 3 heteroatoms. The van der Waals surface area contributed by atoms with Crippen LogP contribution in [-0.2, 0) is 0 Å². The second kappa shape index (κ2) is 5.78. The average Bonchev–Trinajstić information content (AvgIpc) is 3.12. The molecule has 0 atom stereocenters. The van der Waals surface area contributed by atoms with Crippen molar-refractivity contribution in [3.8, 4) is 10.4 Å². The predicted octanol–water partition coefficient (Wildman–Crippen LogP) is 4.28. The molecule has 21 heavy (non-hydrogen) atoms. The van der Waals surface area contributed by atoms with Gasteiger partial charge in [0.1, 0.15) is 0 Å². The van der Waals surface area contributed by atoms with Crippen LogP contribution in [0.25, 0.3) is 19.8 Å². The van der Waals surface area contributed by atoms with Crippen molar-refractivity contribution in [3.05, 3.63) is 72.1 Å². The SMILES string of the molecule is c1ccc([Se]c2c(-c3ccccc3)sc3sccc23)cc1. The van der Waals surface area contributed by atoms with Gasteiger partial charge in [0.25, 0.3) is 0 Å². The number of thiophene rings is 2. The Hall–Kier alpha value is -1.38. The van der Waals surface area contributed by atoms with Crippen LogP contribution in [0.3, 0.4) is 0 Å². The molecular formula is C18H12S2Se. The molecule has 2 heterocycles. The summed E-state index contributed by atoms with van der Waals surface area (Å²) in [7, 11) is 0. The summed E-state index contributed by atoms with van der Waals surface area (Å²) in [5.74, 6) is 0. The quantitative estimate of drug-likeness (QED) is 0.472. The molecule has 0 fully saturated rings. The zero-order valence-corrected chi connectivity index (χ0v) is 14.5. The standard InChI is InChI=1S/C18H12S2Se/c1-3-7-13(8-4-1)16-17(15-11-12-19-18(15)20-16)21-14-9-5-2-6-10-14/h1-12H. The molecule has 4 aromatic rings. The van der Waals surface area contributed by atoms with E-state index in [-0.39, 0.29) is 0 Å². The van der Waals surface area contributed by atoms with Crippen molar-refractivity contribution >= 4 is 56.0 Å². The van der Waals surface area contributed by atoms with Crippen LogP contribution < -0.4 is 8.92 Å². The van der Waals surface area contributed by atoms with Gasteiger partial charge in [0, 0.05) is 0 Å². The molecule has 0 amide bonds. The molecule has 4 rings (SSSR count). The van der Waals surface area contributed by atoms with Crippen molar-refractivity contribution in [2.75, 3.05) is 0 Å². The zero-order valence-electron chi connectivity index (χ0n) is 11.2. The summed E-state index contributed by atoms with van der Waals surface area (Å²) < 4.78 is 4.41. The van der Waals surface area contributed by atoms with E-state index in [0.29, 0.717) is 15.0 Å². The summed E-state index contributed by atoms with van der Waals surface area (Å²) in [5.41, 5.74) is 1.35. The first-order valence-electron chi connectivity index (χ1n) is 6.70. The monoisotopic (exact) mass is 372 g/mol. The molecule has 0 nitrogen and oxygen atoms in total. The van der Waals surface area contributed by atoms with E-state index in [2.05, 4.69) is 72.1 Å². The van der Waals surface area contributed by atoms with E-state index in [1.54, 1.807) is 0 Å². The molecule has 0 aliphatic rings. The second-order valence-corrected chi connectivity index (χ2v) is 9.13. The van der Waals surface area contributed by atoms with E-state index in [0.717, 1.165) is 0 Å². The van der Waals surface area contributed by atoms with Gasteiger partial charge in [-0.05, 0) is 0 Å². The number of benzene rings is 2. The van der Waals surface area contributed by atoms with Crippen LogP contribution in [0.1, 0.15) is 0 Å². The van der Waals surface area contributed by atoms with Crippen LogP contribution in [0.4, 0.5) is 0 Å². The summed E-state index contributed by atoms with van der Waals surface area (Å²) in [6.45, 7) is 0. The van der Waals surface area contributed by atoms with E-state index in [4.69, 9.17) is 0 Å². The number of hydrogen-bond acceptors (Lipinski definition) is 2. The van der Waals surface area contributed by atoms with E-state index in [1.165, 1.54) is 28.8 Å². The Bertz CT molecular complexity index is 860. The Labute approximate surface area is 138 Å². The Morgan fingerprint density at radius 3 is 2.24 bits per heavy atom. The topological polar surface area (TPSA) is 0 Å². The van der Waals surface area contributed by atoms with Gasteiger partial charge in [0.05, 0.1) is 0 Å². The maximum atomic E-state index is 2.28. The molecule has 0 N–H and O–H groups in total. The molecule has 0 spiro atoms. The molecule has 0 unspecified atom stereocenters. The first kappa shape index (κ1) is 13.3. The Kier molecular flexibility index (Phi) is 3.66. The third kappa shape index (κ3) is 2.58. The zero-order chi connectivity index (χ0) is 14.1.